The van der Waals surface area contributed by atoms with Gasteiger partial charge in [-0.15, -0.1) is 0 Å². The van der Waals surface area contributed by atoms with Gasteiger partial charge in [0.05, 0.1) is 18.8 Å². The number of hydrogen-bond acceptors (Lipinski definition) is 7. The molecule has 8 heteroatoms. The summed E-state index contributed by atoms with van der Waals surface area (Å²) in [5.74, 6) is 0.893. The molecule has 2 aromatic carbocycles. The van der Waals surface area contributed by atoms with E-state index in [0.717, 1.165) is 38.5 Å². The average Bonchev–Trinajstić information content (AvgIpc) is 3.21. The normalized spacial score (nSPS) is 15.5. The van der Waals surface area contributed by atoms with E-state index in [9.17, 15) is 4.79 Å². The highest BCUT2D eigenvalue weighted by atomic mass is 16.6. The summed E-state index contributed by atoms with van der Waals surface area (Å²) in [4.78, 5) is 17.0. The van der Waals surface area contributed by atoms with Crippen LogP contribution in [0.1, 0.15) is 12.5 Å². The number of rotatable bonds is 7. The summed E-state index contributed by atoms with van der Waals surface area (Å²) in [6, 6.07) is 13.6. The average molecular weight is 395 g/mol. The molecule has 0 saturated carbocycles. The third-order valence-electron chi connectivity index (χ3n) is 5.06. The van der Waals surface area contributed by atoms with E-state index in [1.807, 2.05) is 31.2 Å². The SMILES string of the molecule is CCOc1ccccc1CN1CCN(CC(=O)Nc2cccc3nonc23)CC1. The monoisotopic (exact) mass is 395 g/mol. The zero-order chi connectivity index (χ0) is 20.1. The molecular formula is C21H25N5O3. The Hall–Kier alpha value is -2.97. The van der Waals surface area contributed by atoms with E-state index in [1.54, 1.807) is 12.1 Å². The summed E-state index contributed by atoms with van der Waals surface area (Å²) in [7, 11) is 0. The lowest BCUT2D eigenvalue weighted by atomic mass is 10.1. The molecule has 3 aromatic rings. The van der Waals surface area contributed by atoms with Crippen molar-refractivity contribution in [2.75, 3.05) is 44.6 Å². The number of anilines is 1. The number of piperazine rings is 1. The standard InChI is InChI=1S/C21H25N5O3/c1-2-28-19-9-4-3-6-16(19)14-25-10-12-26(13-11-25)15-20(27)22-17-7-5-8-18-21(17)24-29-23-18/h3-9H,2,10-15H2,1H3,(H,22,27). The molecule has 4 rings (SSSR count). The maximum atomic E-state index is 12.5. The molecule has 8 nitrogen and oxygen atoms in total. The highest BCUT2D eigenvalue weighted by molar-refractivity contribution is 5.99. The van der Waals surface area contributed by atoms with Crippen LogP contribution in [0.4, 0.5) is 5.69 Å². The van der Waals surface area contributed by atoms with E-state index in [2.05, 4.69) is 31.5 Å². The summed E-state index contributed by atoms with van der Waals surface area (Å²) in [6.45, 7) is 7.40. The second-order valence-corrected chi connectivity index (χ2v) is 7.08. The molecule has 152 valence electrons. The van der Waals surface area contributed by atoms with Crippen LogP contribution in [-0.4, -0.2) is 65.4 Å². The zero-order valence-corrected chi connectivity index (χ0v) is 16.5. The van der Waals surface area contributed by atoms with Gasteiger partial charge in [0.2, 0.25) is 5.91 Å². The zero-order valence-electron chi connectivity index (χ0n) is 16.5. The first-order chi connectivity index (χ1) is 14.2. The van der Waals surface area contributed by atoms with Gasteiger partial charge in [-0.2, -0.15) is 0 Å². The lowest BCUT2D eigenvalue weighted by Crippen LogP contribution is -2.48. The minimum Gasteiger partial charge on any atom is -0.494 e. The second-order valence-electron chi connectivity index (χ2n) is 7.08. The van der Waals surface area contributed by atoms with E-state index in [-0.39, 0.29) is 5.91 Å². The fourth-order valence-corrected chi connectivity index (χ4v) is 3.58. The quantitative estimate of drug-likeness (QED) is 0.657. The number of carbonyl (C=O) groups excluding carboxylic acids is 1. The van der Waals surface area contributed by atoms with Crippen molar-refractivity contribution in [2.45, 2.75) is 13.5 Å². The van der Waals surface area contributed by atoms with Gasteiger partial charge in [0.1, 0.15) is 11.3 Å². The molecule has 1 saturated heterocycles. The summed E-state index contributed by atoms with van der Waals surface area (Å²) in [5, 5.41) is 10.6. The minimum absolute atomic E-state index is 0.0596. The molecule has 0 radical (unpaired) electrons. The number of amides is 1. The Morgan fingerprint density at radius 3 is 2.69 bits per heavy atom. The Bertz CT molecular complexity index is 966. The van der Waals surface area contributed by atoms with E-state index in [4.69, 9.17) is 9.37 Å². The van der Waals surface area contributed by atoms with Crippen molar-refractivity contribution in [3.05, 3.63) is 48.0 Å². The Morgan fingerprint density at radius 1 is 1.07 bits per heavy atom. The van der Waals surface area contributed by atoms with Crippen LogP contribution >= 0.6 is 0 Å². The van der Waals surface area contributed by atoms with Crippen LogP contribution in [0, 0.1) is 0 Å². The number of para-hydroxylation sites is 1. The maximum Gasteiger partial charge on any atom is 0.238 e. The van der Waals surface area contributed by atoms with E-state index in [0.29, 0.717) is 29.9 Å². The molecule has 0 unspecified atom stereocenters. The van der Waals surface area contributed by atoms with Crippen LogP contribution in [0.3, 0.4) is 0 Å². The van der Waals surface area contributed by atoms with Gasteiger partial charge in [-0.05, 0) is 35.4 Å². The Kier molecular flexibility index (Phi) is 6.02. The number of nitrogens with zero attached hydrogens (tertiary/aromatic N) is 4. The predicted octanol–water partition coefficient (Wildman–Crippen LogP) is 2.38. The van der Waals surface area contributed by atoms with Crippen molar-refractivity contribution < 1.29 is 14.2 Å². The van der Waals surface area contributed by atoms with Crippen molar-refractivity contribution in [2.24, 2.45) is 0 Å². The molecule has 2 heterocycles. The second kappa shape index (κ2) is 9.02. The van der Waals surface area contributed by atoms with Crippen LogP contribution in [0.15, 0.2) is 47.1 Å². The molecule has 1 aliphatic rings. The number of hydrogen-bond donors (Lipinski definition) is 1. The first-order valence-electron chi connectivity index (χ1n) is 9.89. The van der Waals surface area contributed by atoms with Crippen LogP contribution in [0.5, 0.6) is 5.75 Å². The van der Waals surface area contributed by atoms with Crippen LogP contribution in [0.2, 0.25) is 0 Å². The molecule has 0 spiro atoms. The first kappa shape index (κ1) is 19.4. The fourth-order valence-electron chi connectivity index (χ4n) is 3.58. The Morgan fingerprint density at radius 2 is 1.86 bits per heavy atom. The molecule has 1 N–H and O–H groups in total. The summed E-state index contributed by atoms with van der Waals surface area (Å²) >= 11 is 0. The Labute approximate surface area is 169 Å². The molecule has 1 fully saturated rings. The van der Waals surface area contributed by atoms with E-state index >= 15 is 0 Å². The molecule has 0 atom stereocenters. The van der Waals surface area contributed by atoms with Gasteiger partial charge >= 0.3 is 0 Å². The minimum atomic E-state index is -0.0596. The van der Waals surface area contributed by atoms with Gasteiger partial charge in [-0.1, -0.05) is 24.3 Å². The molecular weight excluding hydrogens is 370 g/mol. The van der Waals surface area contributed by atoms with Crippen molar-refractivity contribution in [3.8, 4) is 5.75 Å². The number of carbonyl (C=O) groups is 1. The van der Waals surface area contributed by atoms with Crippen LogP contribution in [0.25, 0.3) is 11.0 Å². The topological polar surface area (TPSA) is 83.7 Å². The predicted molar refractivity (Wildman–Crippen MR) is 110 cm³/mol. The van der Waals surface area contributed by atoms with Gasteiger partial charge in [-0.25, -0.2) is 4.63 Å². The number of benzene rings is 2. The molecule has 0 aliphatic carbocycles. The smallest absolute Gasteiger partial charge is 0.238 e. The van der Waals surface area contributed by atoms with E-state index in [1.165, 1.54) is 5.56 Å². The molecule has 1 aliphatic heterocycles. The third kappa shape index (κ3) is 4.72. The highest BCUT2D eigenvalue weighted by Crippen LogP contribution is 2.21. The Balaban J connectivity index is 1.28. The maximum absolute atomic E-state index is 12.5. The van der Waals surface area contributed by atoms with Crippen LogP contribution < -0.4 is 10.1 Å². The van der Waals surface area contributed by atoms with Gasteiger partial charge in [-0.3, -0.25) is 14.6 Å². The molecule has 29 heavy (non-hydrogen) atoms. The fraction of sp³-hybridized carbons (Fsp3) is 0.381. The van der Waals surface area contributed by atoms with E-state index < -0.39 is 0 Å². The largest absolute Gasteiger partial charge is 0.494 e. The number of fused-ring (bicyclic) bond motifs is 1. The van der Waals surface area contributed by atoms with Gasteiger partial charge in [0, 0.05) is 38.3 Å². The summed E-state index contributed by atoms with van der Waals surface area (Å²) in [5.41, 5.74) is 3.03. The number of aromatic nitrogens is 2. The van der Waals surface area contributed by atoms with Gasteiger partial charge in [0.15, 0.2) is 5.52 Å². The van der Waals surface area contributed by atoms with Crippen molar-refractivity contribution >= 4 is 22.6 Å². The lowest BCUT2D eigenvalue weighted by Gasteiger charge is -2.34. The molecule has 0 bridgehead atoms. The number of nitrogens with one attached hydrogen (secondary N) is 1. The van der Waals surface area contributed by atoms with Crippen molar-refractivity contribution in [3.63, 3.8) is 0 Å². The van der Waals surface area contributed by atoms with Gasteiger partial charge in [0.25, 0.3) is 0 Å². The molecule has 1 aromatic heterocycles. The highest BCUT2D eigenvalue weighted by Gasteiger charge is 2.20. The van der Waals surface area contributed by atoms with Crippen molar-refractivity contribution in [1.29, 1.82) is 0 Å². The third-order valence-corrected chi connectivity index (χ3v) is 5.06. The van der Waals surface area contributed by atoms with Crippen molar-refractivity contribution in [1.82, 2.24) is 20.1 Å². The first-order valence-corrected chi connectivity index (χ1v) is 9.89. The lowest BCUT2D eigenvalue weighted by molar-refractivity contribution is -0.117. The van der Waals surface area contributed by atoms with Gasteiger partial charge < -0.3 is 10.1 Å². The number of ether oxygens (including phenoxy) is 1. The summed E-state index contributed by atoms with van der Waals surface area (Å²) < 4.78 is 10.5. The summed E-state index contributed by atoms with van der Waals surface area (Å²) in [6.07, 6.45) is 0. The molecule has 1 amide bonds. The van der Waals surface area contributed by atoms with Crippen LogP contribution in [-0.2, 0) is 11.3 Å².